The molecule has 15 heavy (non-hydrogen) atoms. The Kier molecular flexibility index (Phi) is 4.92. The number of rotatable bonds is 3. The lowest BCUT2D eigenvalue weighted by molar-refractivity contribution is -0.0639. The SMILES string of the molecule is OC(Cl)(CC(Br)(Br)Br)Oc1ccccc1. The summed E-state index contributed by atoms with van der Waals surface area (Å²) in [7, 11) is 0. The first kappa shape index (κ1) is 13.8. The first-order valence-electron chi connectivity index (χ1n) is 4.01. The van der Waals surface area contributed by atoms with Crippen LogP contribution < -0.4 is 4.74 Å². The van der Waals surface area contributed by atoms with Crippen molar-refractivity contribution in [3.05, 3.63) is 30.3 Å². The normalized spacial score (nSPS) is 15.8. The van der Waals surface area contributed by atoms with Gasteiger partial charge in [-0.05, 0) is 23.7 Å². The minimum Gasteiger partial charge on any atom is -0.448 e. The average Bonchev–Trinajstić information content (AvgIpc) is 1.99. The number of hydrogen-bond donors (Lipinski definition) is 1. The number of hydrogen-bond acceptors (Lipinski definition) is 2. The zero-order chi connectivity index (χ0) is 11.5. The van der Waals surface area contributed by atoms with Crippen molar-refractivity contribution >= 4 is 59.4 Å². The number of alkyl halides is 4. The van der Waals surface area contributed by atoms with E-state index in [2.05, 4.69) is 47.8 Å². The predicted octanol–water partition coefficient (Wildman–Crippen LogP) is 4.18. The largest absolute Gasteiger partial charge is 0.448 e. The minimum atomic E-state index is -1.78. The third-order valence-electron chi connectivity index (χ3n) is 1.44. The van der Waals surface area contributed by atoms with Crippen molar-refractivity contribution in [1.29, 1.82) is 0 Å². The Morgan fingerprint density at radius 1 is 1.20 bits per heavy atom. The molecule has 0 aliphatic heterocycles. The number of benzene rings is 1. The second kappa shape index (κ2) is 5.36. The Hall–Kier alpha value is 0.710. The third-order valence-corrected chi connectivity index (χ3v) is 2.49. The molecule has 84 valence electrons. The zero-order valence-electron chi connectivity index (χ0n) is 7.46. The lowest BCUT2D eigenvalue weighted by Crippen LogP contribution is -2.33. The quantitative estimate of drug-likeness (QED) is 0.584. The summed E-state index contributed by atoms with van der Waals surface area (Å²) >= 11 is 15.5. The molecule has 0 saturated heterocycles. The van der Waals surface area contributed by atoms with Gasteiger partial charge in [0.1, 0.15) is 7.89 Å². The van der Waals surface area contributed by atoms with Gasteiger partial charge in [-0.1, -0.05) is 66.0 Å². The van der Waals surface area contributed by atoms with Crippen LogP contribution in [0.3, 0.4) is 0 Å². The van der Waals surface area contributed by atoms with E-state index in [1.54, 1.807) is 24.3 Å². The van der Waals surface area contributed by atoms with Gasteiger partial charge in [0.05, 0.1) is 6.42 Å². The van der Waals surface area contributed by atoms with E-state index in [0.29, 0.717) is 5.75 Å². The van der Waals surface area contributed by atoms with E-state index < -0.39 is 7.39 Å². The second-order valence-corrected chi connectivity index (χ2v) is 10.7. The summed E-state index contributed by atoms with van der Waals surface area (Å²) in [6.07, 6.45) is 0.108. The summed E-state index contributed by atoms with van der Waals surface area (Å²) in [6.45, 7) is 0. The Morgan fingerprint density at radius 3 is 2.20 bits per heavy atom. The van der Waals surface area contributed by atoms with Crippen molar-refractivity contribution in [3.63, 3.8) is 0 Å². The highest BCUT2D eigenvalue weighted by molar-refractivity contribution is 9.39. The number of para-hydroxylation sites is 1. The molecule has 0 radical (unpaired) electrons. The van der Waals surface area contributed by atoms with E-state index in [1.165, 1.54) is 0 Å². The molecule has 1 unspecified atom stereocenters. The van der Waals surface area contributed by atoms with Crippen LogP contribution in [0.2, 0.25) is 0 Å². The van der Waals surface area contributed by atoms with Crippen molar-refractivity contribution in [1.82, 2.24) is 0 Å². The van der Waals surface area contributed by atoms with Crippen molar-refractivity contribution in [2.24, 2.45) is 0 Å². The van der Waals surface area contributed by atoms with E-state index >= 15 is 0 Å². The lowest BCUT2D eigenvalue weighted by atomic mass is 10.3. The van der Waals surface area contributed by atoms with Crippen molar-refractivity contribution in [2.75, 3.05) is 0 Å². The smallest absolute Gasteiger partial charge is 0.290 e. The van der Waals surface area contributed by atoms with Crippen LogP contribution in [-0.2, 0) is 0 Å². The van der Waals surface area contributed by atoms with E-state index in [0.717, 1.165) is 0 Å². The highest BCUT2D eigenvalue weighted by Crippen LogP contribution is 2.42. The van der Waals surface area contributed by atoms with Gasteiger partial charge in [-0.25, -0.2) is 0 Å². The first-order chi connectivity index (χ1) is 6.79. The molecule has 1 atom stereocenters. The molecule has 6 heteroatoms. The average molecular weight is 423 g/mol. The molecule has 0 bridgehead atoms. The minimum absolute atomic E-state index is 0.108. The Balaban J connectivity index is 2.65. The summed E-state index contributed by atoms with van der Waals surface area (Å²) in [6, 6.07) is 8.87. The van der Waals surface area contributed by atoms with Crippen molar-refractivity contribution in [3.8, 4) is 5.75 Å². The van der Waals surface area contributed by atoms with Gasteiger partial charge in [-0.15, -0.1) is 0 Å². The van der Waals surface area contributed by atoms with E-state index in [1.807, 2.05) is 6.07 Å². The molecule has 0 fully saturated rings. The molecule has 1 aromatic carbocycles. The molecule has 0 saturated carbocycles. The van der Waals surface area contributed by atoms with E-state index in [-0.39, 0.29) is 6.42 Å². The van der Waals surface area contributed by atoms with Crippen LogP contribution in [0.25, 0.3) is 0 Å². The summed E-state index contributed by atoms with van der Waals surface area (Å²) in [5.41, 5.74) is 0. The molecule has 0 aliphatic carbocycles. The first-order valence-corrected chi connectivity index (χ1v) is 6.76. The Bertz CT molecular complexity index is 311. The van der Waals surface area contributed by atoms with Gasteiger partial charge >= 0.3 is 0 Å². The van der Waals surface area contributed by atoms with Gasteiger partial charge in [0, 0.05) is 0 Å². The molecule has 1 rings (SSSR count). The van der Waals surface area contributed by atoms with Crippen LogP contribution in [0, 0.1) is 0 Å². The Morgan fingerprint density at radius 2 is 1.73 bits per heavy atom. The summed E-state index contributed by atoms with van der Waals surface area (Å²) in [5.74, 6) is 0.506. The van der Waals surface area contributed by atoms with Gasteiger partial charge in [-0.2, -0.15) is 0 Å². The maximum absolute atomic E-state index is 9.76. The number of ether oxygens (including phenoxy) is 1. The molecule has 1 aromatic rings. The molecule has 2 nitrogen and oxygen atoms in total. The maximum Gasteiger partial charge on any atom is 0.290 e. The molecule has 1 N–H and O–H groups in total. The van der Waals surface area contributed by atoms with Crippen LogP contribution in [0.4, 0.5) is 0 Å². The molecule has 0 amide bonds. The highest BCUT2D eigenvalue weighted by Gasteiger charge is 2.35. The van der Waals surface area contributed by atoms with Crippen LogP contribution >= 0.6 is 59.4 Å². The Labute approximate surface area is 118 Å². The van der Waals surface area contributed by atoms with Crippen LogP contribution in [0.5, 0.6) is 5.75 Å². The zero-order valence-corrected chi connectivity index (χ0v) is 13.0. The highest BCUT2D eigenvalue weighted by atomic mass is 80.0. The topological polar surface area (TPSA) is 29.5 Å². The van der Waals surface area contributed by atoms with Gasteiger partial charge in [0.15, 0.2) is 0 Å². The van der Waals surface area contributed by atoms with Gasteiger partial charge < -0.3 is 9.84 Å². The summed E-state index contributed by atoms with van der Waals surface area (Å²) < 4.78 is 4.55. The molecule has 0 aliphatic rings. The standard InChI is InChI=1S/C9H8Br3ClO2/c10-8(11,12)6-9(13,14)15-7-4-2-1-3-5-7/h1-5,14H,6H2. The summed E-state index contributed by atoms with van der Waals surface area (Å²) in [5, 5.41) is 7.98. The van der Waals surface area contributed by atoms with Gasteiger partial charge in [-0.3, -0.25) is 0 Å². The van der Waals surface area contributed by atoms with Crippen LogP contribution in [0.15, 0.2) is 30.3 Å². The fourth-order valence-electron chi connectivity index (χ4n) is 0.952. The maximum atomic E-state index is 9.76. The number of halogens is 4. The van der Waals surface area contributed by atoms with Crippen LogP contribution in [-0.4, -0.2) is 12.5 Å². The molecule has 0 spiro atoms. The molecule has 0 heterocycles. The van der Waals surface area contributed by atoms with E-state index in [9.17, 15) is 5.11 Å². The fraction of sp³-hybridized carbons (Fsp3) is 0.333. The third kappa shape index (κ3) is 6.12. The molecular weight excluding hydrogens is 415 g/mol. The molecular formula is C9H8Br3ClO2. The predicted molar refractivity (Wildman–Crippen MR) is 72.0 cm³/mol. The van der Waals surface area contributed by atoms with Crippen molar-refractivity contribution < 1.29 is 9.84 Å². The molecule has 0 aromatic heterocycles. The summed E-state index contributed by atoms with van der Waals surface area (Å²) in [4.78, 5) is 0. The second-order valence-electron chi connectivity index (χ2n) is 2.90. The van der Waals surface area contributed by atoms with Crippen LogP contribution in [0.1, 0.15) is 6.42 Å². The van der Waals surface area contributed by atoms with E-state index in [4.69, 9.17) is 16.3 Å². The lowest BCUT2D eigenvalue weighted by Gasteiger charge is -2.25. The monoisotopic (exact) mass is 420 g/mol. The van der Waals surface area contributed by atoms with Gasteiger partial charge in [0.25, 0.3) is 5.25 Å². The number of aliphatic hydroxyl groups is 1. The van der Waals surface area contributed by atoms with Gasteiger partial charge in [0.2, 0.25) is 0 Å². The fourth-order valence-corrected chi connectivity index (χ4v) is 2.87. The van der Waals surface area contributed by atoms with Crippen molar-refractivity contribution in [2.45, 2.75) is 13.8 Å².